The average Bonchev–Trinajstić information content (AvgIpc) is 2.05. The highest BCUT2D eigenvalue weighted by molar-refractivity contribution is 7.86. The van der Waals surface area contributed by atoms with Gasteiger partial charge in [-0.1, -0.05) is 23.2 Å². The molecule has 0 aliphatic carbocycles. The molecule has 6 nitrogen and oxygen atoms in total. The molecule has 0 amide bonds. The molecule has 0 heterocycles. The first-order valence-electron chi connectivity index (χ1n) is 3.47. The van der Waals surface area contributed by atoms with Crippen molar-refractivity contribution in [1.29, 1.82) is 0 Å². The summed E-state index contributed by atoms with van der Waals surface area (Å²) in [6.45, 7) is 0. The second-order valence-corrected chi connectivity index (χ2v) is 6.26. The van der Waals surface area contributed by atoms with E-state index >= 15 is 0 Å². The van der Waals surface area contributed by atoms with Crippen molar-refractivity contribution in [1.82, 2.24) is 0 Å². The summed E-state index contributed by atoms with van der Waals surface area (Å²) >= 11 is 10.9. The van der Waals surface area contributed by atoms with Crippen LogP contribution >= 0.6 is 23.2 Å². The average molecular weight is 307 g/mol. The summed E-state index contributed by atoms with van der Waals surface area (Å²) < 4.78 is 60.6. The molecule has 1 aromatic carbocycles. The van der Waals surface area contributed by atoms with Crippen LogP contribution in [0.1, 0.15) is 0 Å². The standard InChI is InChI=1S/C6H4Cl2O6S2/c7-4-1-3(15(9,10)11)2-5(6(4)8)16(12,13)14/h1-2H,(H,9,10,11)(H,12,13,14). The Morgan fingerprint density at radius 3 is 1.81 bits per heavy atom. The zero-order valence-corrected chi connectivity index (χ0v) is 10.4. The van der Waals surface area contributed by atoms with Gasteiger partial charge in [-0.15, -0.1) is 0 Å². The molecule has 0 aliphatic heterocycles. The van der Waals surface area contributed by atoms with Crippen LogP contribution in [0.3, 0.4) is 0 Å². The van der Waals surface area contributed by atoms with Crippen molar-refractivity contribution in [3.8, 4) is 0 Å². The molecule has 0 radical (unpaired) electrons. The van der Waals surface area contributed by atoms with Crippen molar-refractivity contribution in [3.63, 3.8) is 0 Å². The summed E-state index contributed by atoms with van der Waals surface area (Å²) in [5, 5.41) is -0.957. The van der Waals surface area contributed by atoms with Crippen LogP contribution in [0.2, 0.25) is 10.0 Å². The third-order valence-electron chi connectivity index (χ3n) is 1.54. The van der Waals surface area contributed by atoms with Crippen molar-refractivity contribution in [2.24, 2.45) is 0 Å². The smallest absolute Gasteiger partial charge is 0.282 e. The van der Waals surface area contributed by atoms with E-state index in [0.717, 1.165) is 6.07 Å². The van der Waals surface area contributed by atoms with Crippen molar-refractivity contribution < 1.29 is 25.9 Å². The summed E-state index contributed by atoms with van der Waals surface area (Å²) in [4.78, 5) is -1.68. The molecule has 2 N–H and O–H groups in total. The fourth-order valence-corrected chi connectivity index (χ4v) is 2.84. The summed E-state index contributed by atoms with van der Waals surface area (Å²) in [6, 6.07) is 1.26. The van der Waals surface area contributed by atoms with Crippen LogP contribution in [0.25, 0.3) is 0 Å². The van der Waals surface area contributed by atoms with E-state index in [1.807, 2.05) is 0 Å². The van der Waals surface area contributed by atoms with Crippen LogP contribution in [0.4, 0.5) is 0 Å². The van der Waals surface area contributed by atoms with Gasteiger partial charge in [-0.25, -0.2) is 0 Å². The highest BCUT2D eigenvalue weighted by Gasteiger charge is 2.22. The summed E-state index contributed by atoms with van der Waals surface area (Å²) in [5.74, 6) is 0. The molecule has 10 heteroatoms. The van der Waals surface area contributed by atoms with Gasteiger partial charge in [0.1, 0.15) is 4.90 Å². The number of benzene rings is 1. The molecule has 1 aromatic rings. The first-order chi connectivity index (χ1) is 7.03. The maximum atomic E-state index is 10.8. The Morgan fingerprint density at radius 2 is 1.44 bits per heavy atom. The van der Waals surface area contributed by atoms with Crippen molar-refractivity contribution in [2.75, 3.05) is 0 Å². The van der Waals surface area contributed by atoms with Gasteiger partial charge in [0.2, 0.25) is 0 Å². The fourth-order valence-electron chi connectivity index (χ4n) is 0.877. The fraction of sp³-hybridized carbons (Fsp3) is 0. The quantitative estimate of drug-likeness (QED) is 0.801. The minimum Gasteiger partial charge on any atom is -0.282 e. The van der Waals surface area contributed by atoms with Crippen molar-refractivity contribution in [2.45, 2.75) is 9.79 Å². The predicted octanol–water partition coefficient (Wildman–Crippen LogP) is 1.49. The molecule has 0 atom stereocenters. The van der Waals surface area contributed by atoms with Gasteiger partial charge in [0.25, 0.3) is 20.2 Å². The summed E-state index contributed by atoms with van der Waals surface area (Å²) in [6.07, 6.45) is 0. The van der Waals surface area contributed by atoms with Crippen LogP contribution in [0.15, 0.2) is 21.9 Å². The first-order valence-corrected chi connectivity index (χ1v) is 7.11. The minimum atomic E-state index is -4.73. The Bertz CT molecular complexity index is 633. The highest BCUT2D eigenvalue weighted by atomic mass is 35.5. The predicted molar refractivity (Wildman–Crippen MR) is 56.1 cm³/mol. The summed E-state index contributed by atoms with van der Waals surface area (Å²) in [7, 11) is -9.37. The van der Waals surface area contributed by atoms with E-state index in [4.69, 9.17) is 32.3 Å². The minimum absolute atomic E-state index is 0.426. The molecule has 1 rings (SSSR count). The molecular formula is C6H4Cl2O6S2. The van der Waals surface area contributed by atoms with Crippen molar-refractivity contribution in [3.05, 3.63) is 22.2 Å². The lowest BCUT2D eigenvalue weighted by molar-refractivity contribution is 0.481. The zero-order valence-electron chi connectivity index (χ0n) is 7.25. The van der Waals surface area contributed by atoms with Gasteiger partial charge < -0.3 is 0 Å². The molecule has 0 unspecified atom stereocenters. The Morgan fingerprint density at radius 1 is 0.938 bits per heavy atom. The molecular weight excluding hydrogens is 303 g/mol. The third kappa shape index (κ3) is 2.84. The van der Waals surface area contributed by atoms with Gasteiger partial charge >= 0.3 is 0 Å². The van der Waals surface area contributed by atoms with Gasteiger partial charge in [-0.3, -0.25) is 9.11 Å². The lowest BCUT2D eigenvalue weighted by Gasteiger charge is -2.05. The van der Waals surface area contributed by atoms with Crippen LogP contribution < -0.4 is 0 Å². The Hall–Kier alpha value is -0.380. The first kappa shape index (κ1) is 13.7. The van der Waals surface area contributed by atoms with Crippen LogP contribution in [0.5, 0.6) is 0 Å². The molecule has 0 aromatic heterocycles. The number of hydrogen-bond acceptors (Lipinski definition) is 4. The molecule has 0 spiro atoms. The van der Waals surface area contributed by atoms with Gasteiger partial charge in [0.15, 0.2) is 0 Å². The van der Waals surface area contributed by atoms with E-state index in [-0.39, 0.29) is 0 Å². The Labute approximate surface area is 101 Å². The molecule has 0 saturated carbocycles. The maximum Gasteiger partial charge on any atom is 0.296 e. The van der Waals surface area contributed by atoms with E-state index in [1.54, 1.807) is 0 Å². The molecule has 0 aliphatic rings. The lowest BCUT2D eigenvalue weighted by Crippen LogP contribution is -2.04. The van der Waals surface area contributed by atoms with E-state index in [1.165, 1.54) is 0 Å². The molecule has 0 fully saturated rings. The number of halogens is 2. The molecule has 0 bridgehead atoms. The number of rotatable bonds is 2. The molecule has 0 saturated heterocycles. The normalized spacial score (nSPS) is 12.8. The summed E-state index contributed by atoms with van der Waals surface area (Å²) in [5.41, 5.74) is 0. The zero-order chi connectivity index (χ0) is 12.7. The van der Waals surface area contributed by atoms with E-state index < -0.39 is 40.1 Å². The maximum absolute atomic E-state index is 10.8. The third-order valence-corrected chi connectivity index (χ3v) is 4.17. The Kier molecular flexibility index (Phi) is 3.53. The highest BCUT2D eigenvalue weighted by Crippen LogP contribution is 2.32. The van der Waals surface area contributed by atoms with E-state index in [9.17, 15) is 16.8 Å². The topological polar surface area (TPSA) is 109 Å². The SMILES string of the molecule is O=S(=O)(O)c1cc(Cl)c(Cl)c(S(=O)(=O)O)c1. The lowest BCUT2D eigenvalue weighted by atomic mass is 10.3. The monoisotopic (exact) mass is 306 g/mol. The van der Waals surface area contributed by atoms with E-state index in [2.05, 4.69) is 0 Å². The van der Waals surface area contributed by atoms with Gasteiger partial charge in [-0.05, 0) is 12.1 Å². The Balaban J connectivity index is 3.72. The van der Waals surface area contributed by atoms with Crippen molar-refractivity contribution >= 4 is 43.4 Å². The van der Waals surface area contributed by atoms with Gasteiger partial charge in [0, 0.05) is 0 Å². The largest absolute Gasteiger partial charge is 0.296 e. The van der Waals surface area contributed by atoms with Gasteiger partial charge in [-0.2, -0.15) is 16.8 Å². The molecule has 16 heavy (non-hydrogen) atoms. The molecule has 90 valence electrons. The second kappa shape index (κ2) is 4.13. The van der Waals surface area contributed by atoms with Crippen LogP contribution in [-0.2, 0) is 20.2 Å². The van der Waals surface area contributed by atoms with Crippen LogP contribution in [-0.4, -0.2) is 25.9 Å². The van der Waals surface area contributed by atoms with Crippen LogP contribution in [0, 0.1) is 0 Å². The van der Waals surface area contributed by atoms with Gasteiger partial charge in [0.05, 0.1) is 14.9 Å². The number of hydrogen-bond donors (Lipinski definition) is 2. The van der Waals surface area contributed by atoms with E-state index in [0.29, 0.717) is 6.07 Å². The second-order valence-electron chi connectivity index (χ2n) is 2.67.